The van der Waals surface area contributed by atoms with E-state index in [0.717, 1.165) is 38.9 Å². The smallest absolute Gasteiger partial charge is 0.306 e. The zero-order valence-electron chi connectivity index (χ0n) is 42.9. The molecular formula is C64H67N3O7S2. The maximum Gasteiger partial charge on any atom is 0.306 e. The summed E-state index contributed by atoms with van der Waals surface area (Å²) in [5.74, 6) is -3.65. The molecule has 0 bridgehead atoms. The molecule has 5 atom stereocenters. The Labute approximate surface area is 455 Å². The van der Waals surface area contributed by atoms with Crippen LogP contribution in [0.2, 0.25) is 0 Å². The number of carboxylic acid groups (broad SMARTS) is 1. The van der Waals surface area contributed by atoms with E-state index in [2.05, 4.69) is 88.7 Å². The number of rotatable bonds is 27. The Bertz CT molecular complexity index is 2730. The first-order valence-electron chi connectivity index (χ1n) is 25.7. The van der Waals surface area contributed by atoms with Gasteiger partial charge >= 0.3 is 5.97 Å². The predicted molar refractivity (Wildman–Crippen MR) is 306 cm³/mol. The number of hydrogen-bond donors (Lipinski definition) is 6. The molecule has 7 aromatic rings. The Morgan fingerprint density at radius 3 is 1.30 bits per heavy atom. The predicted octanol–water partition coefficient (Wildman–Crippen LogP) is 10.5. The number of amides is 3. The highest BCUT2D eigenvalue weighted by molar-refractivity contribution is 8.00. The second-order valence-corrected chi connectivity index (χ2v) is 21.6. The molecule has 0 aliphatic rings. The molecule has 0 aliphatic carbocycles. The normalized spacial score (nSPS) is 13.8. The molecule has 0 spiro atoms. The van der Waals surface area contributed by atoms with Crippen molar-refractivity contribution in [1.29, 1.82) is 0 Å². The van der Waals surface area contributed by atoms with Crippen LogP contribution in [-0.2, 0) is 35.1 Å². The fourth-order valence-electron chi connectivity index (χ4n) is 9.65. The number of nitrogens with one attached hydrogen (secondary N) is 3. The zero-order chi connectivity index (χ0) is 53.8. The van der Waals surface area contributed by atoms with E-state index >= 15 is 0 Å². The number of carbonyl (C=O) groups excluding carboxylic acids is 3. The fourth-order valence-corrected chi connectivity index (χ4v) is 12.7. The van der Waals surface area contributed by atoms with E-state index in [4.69, 9.17) is 0 Å². The van der Waals surface area contributed by atoms with Gasteiger partial charge in [-0.15, -0.1) is 23.5 Å². The van der Waals surface area contributed by atoms with Crippen LogP contribution >= 0.6 is 23.5 Å². The molecule has 0 heterocycles. The van der Waals surface area contributed by atoms with Gasteiger partial charge in [-0.2, -0.15) is 0 Å². The maximum absolute atomic E-state index is 14.9. The second-order valence-electron chi connectivity index (χ2n) is 19.0. The van der Waals surface area contributed by atoms with E-state index in [1.807, 2.05) is 146 Å². The molecule has 76 heavy (non-hydrogen) atoms. The largest absolute Gasteiger partial charge is 0.481 e. The Hall–Kier alpha value is -7.22. The second kappa shape index (κ2) is 28.1. The summed E-state index contributed by atoms with van der Waals surface area (Å²) < 4.78 is -1.39. The van der Waals surface area contributed by atoms with Gasteiger partial charge in [0.05, 0.1) is 34.0 Å². The van der Waals surface area contributed by atoms with Crippen molar-refractivity contribution in [2.45, 2.75) is 73.4 Å². The lowest BCUT2D eigenvalue weighted by molar-refractivity contribution is -0.140. The van der Waals surface area contributed by atoms with E-state index in [0.29, 0.717) is 12.2 Å². The van der Waals surface area contributed by atoms with Crippen molar-refractivity contribution >= 4 is 47.2 Å². The van der Waals surface area contributed by atoms with Gasteiger partial charge < -0.3 is 31.3 Å². The van der Waals surface area contributed by atoms with Crippen molar-refractivity contribution in [3.63, 3.8) is 0 Å². The average Bonchev–Trinajstić information content (AvgIpc) is 3.45. The molecule has 3 amide bonds. The lowest BCUT2D eigenvalue weighted by Crippen LogP contribution is -2.56. The Kier molecular flexibility index (Phi) is 20.9. The van der Waals surface area contributed by atoms with Gasteiger partial charge in [-0.25, -0.2) is 0 Å². The molecule has 0 fully saturated rings. The van der Waals surface area contributed by atoms with Crippen molar-refractivity contribution < 1.29 is 34.5 Å². The van der Waals surface area contributed by atoms with Crippen molar-refractivity contribution in [2.24, 2.45) is 11.8 Å². The highest BCUT2D eigenvalue weighted by Gasteiger charge is 2.40. The standard InChI is InChI=1S/C64H67N3O7S2/c1-46(2)60(56(68)44-59(71)72)67-62(74)55(45-76-64(52-34-18-7-19-35-52,53-36-20-8-21-37-53)54-38-22-9-23-39-54)65-61(73)48(42-47-26-10-3-11-27-47)43-58(70)66-57(69)40-24-25-41-75-63(49-28-12-4-13-29-49,50-30-14-5-15-31-50)51-32-16-6-17-33-51/h3-24,26-40,46,48,55-57,60,68-69H,25,41-45H2,1-2H3,(H,65,73)(H,66,70)(H,67,74)(H,71,72)/t48-,55+,56-,57+,60+/m0/s1. The van der Waals surface area contributed by atoms with Crippen LogP contribution in [0.25, 0.3) is 0 Å². The van der Waals surface area contributed by atoms with E-state index in [-0.39, 0.29) is 24.5 Å². The van der Waals surface area contributed by atoms with Gasteiger partial charge in [0.25, 0.3) is 0 Å². The molecule has 10 nitrogen and oxygen atoms in total. The number of carbonyl (C=O) groups is 4. The van der Waals surface area contributed by atoms with Gasteiger partial charge in [-0.3, -0.25) is 19.2 Å². The molecule has 0 aromatic heterocycles. The van der Waals surface area contributed by atoms with Crippen molar-refractivity contribution in [1.82, 2.24) is 16.0 Å². The van der Waals surface area contributed by atoms with E-state index in [1.54, 1.807) is 31.7 Å². The number of aliphatic hydroxyl groups is 2. The number of aliphatic carboxylic acids is 1. The molecular weight excluding hydrogens is 987 g/mol. The number of allylic oxidation sites excluding steroid dienone is 1. The van der Waals surface area contributed by atoms with Crippen LogP contribution in [0.1, 0.15) is 72.1 Å². The third kappa shape index (κ3) is 14.8. The van der Waals surface area contributed by atoms with Gasteiger partial charge in [0.15, 0.2) is 0 Å². The molecule has 7 rings (SSSR count). The summed E-state index contributed by atoms with van der Waals surface area (Å²) in [6.45, 7) is 3.55. The number of thioether (sulfide) groups is 2. The van der Waals surface area contributed by atoms with Gasteiger partial charge in [-0.1, -0.05) is 232 Å². The Morgan fingerprint density at radius 2 is 0.908 bits per heavy atom. The average molecular weight is 1050 g/mol. The van der Waals surface area contributed by atoms with Gasteiger partial charge in [0, 0.05) is 12.2 Å². The van der Waals surface area contributed by atoms with Gasteiger partial charge in [0.2, 0.25) is 17.7 Å². The summed E-state index contributed by atoms with van der Waals surface area (Å²) in [7, 11) is 0. The monoisotopic (exact) mass is 1050 g/mol. The van der Waals surface area contributed by atoms with Crippen molar-refractivity contribution in [3.8, 4) is 0 Å². The number of hydrogen-bond acceptors (Lipinski definition) is 8. The first-order valence-corrected chi connectivity index (χ1v) is 27.7. The van der Waals surface area contributed by atoms with Crippen LogP contribution in [0, 0.1) is 11.8 Å². The molecule has 0 aliphatic heterocycles. The van der Waals surface area contributed by atoms with Crippen LogP contribution in [0.4, 0.5) is 0 Å². The lowest BCUT2D eigenvalue weighted by atomic mass is 9.84. The van der Waals surface area contributed by atoms with Crippen LogP contribution < -0.4 is 16.0 Å². The first kappa shape index (κ1) is 56.5. The quantitative estimate of drug-likeness (QED) is 0.0127. The molecule has 0 saturated carbocycles. The summed E-state index contributed by atoms with van der Waals surface area (Å²) in [6.07, 6.45) is 0.438. The summed E-state index contributed by atoms with van der Waals surface area (Å²) in [5.41, 5.74) is 7.01. The van der Waals surface area contributed by atoms with Gasteiger partial charge in [0.1, 0.15) is 12.3 Å². The minimum absolute atomic E-state index is 0.0192. The summed E-state index contributed by atoms with van der Waals surface area (Å²) in [6, 6.07) is 68.0. The third-order valence-electron chi connectivity index (χ3n) is 13.4. The number of benzene rings is 7. The first-order chi connectivity index (χ1) is 36.9. The Balaban J connectivity index is 1.12. The number of carboxylic acids is 1. The van der Waals surface area contributed by atoms with E-state index in [9.17, 15) is 34.5 Å². The summed E-state index contributed by atoms with van der Waals surface area (Å²) in [4.78, 5) is 55.3. The van der Waals surface area contributed by atoms with E-state index in [1.165, 1.54) is 11.8 Å². The van der Waals surface area contributed by atoms with Gasteiger partial charge in [-0.05, 0) is 69.5 Å². The van der Waals surface area contributed by atoms with E-state index < -0.39 is 69.9 Å². The topological polar surface area (TPSA) is 165 Å². The lowest BCUT2D eigenvalue weighted by Gasteiger charge is -2.37. The third-order valence-corrected chi connectivity index (χ3v) is 16.6. The molecule has 7 aromatic carbocycles. The van der Waals surface area contributed by atoms with Crippen LogP contribution in [-0.4, -0.2) is 74.9 Å². The van der Waals surface area contributed by atoms with Crippen LogP contribution in [0.5, 0.6) is 0 Å². The highest BCUT2D eigenvalue weighted by Crippen LogP contribution is 2.50. The molecule has 6 N–H and O–H groups in total. The number of aliphatic hydroxyl groups excluding tert-OH is 2. The SMILES string of the molecule is CC(C)[C@@H](NC(=O)[C@@H](CSC(c1ccccc1)(c1ccccc1)c1ccccc1)NC(=O)[C@H](CC(=O)N[C@H](O)C=CCCSC(c1ccccc1)(c1ccccc1)c1ccccc1)Cc1ccccc1)[C@@H](O)CC(=O)O. The molecule has 0 unspecified atom stereocenters. The Morgan fingerprint density at radius 1 is 0.513 bits per heavy atom. The maximum atomic E-state index is 14.9. The van der Waals surface area contributed by atoms with Crippen LogP contribution in [0.15, 0.2) is 224 Å². The molecule has 392 valence electrons. The van der Waals surface area contributed by atoms with Crippen LogP contribution in [0.3, 0.4) is 0 Å². The van der Waals surface area contributed by atoms with Crippen molar-refractivity contribution in [3.05, 3.63) is 263 Å². The highest BCUT2D eigenvalue weighted by atomic mass is 32.2. The fraction of sp³-hybridized carbons (Fsp3) is 0.250. The zero-order valence-corrected chi connectivity index (χ0v) is 44.5. The summed E-state index contributed by atoms with van der Waals surface area (Å²) >= 11 is 3.25. The molecule has 0 radical (unpaired) electrons. The summed E-state index contributed by atoms with van der Waals surface area (Å²) in [5, 5.41) is 40.4. The molecule has 12 heteroatoms. The minimum Gasteiger partial charge on any atom is -0.481 e. The van der Waals surface area contributed by atoms with Crippen molar-refractivity contribution in [2.75, 3.05) is 11.5 Å². The minimum atomic E-state index is -1.41. The molecule has 0 saturated heterocycles.